The van der Waals surface area contributed by atoms with Crippen LogP contribution in [-0.2, 0) is 14.3 Å². The number of anilines is 1. The van der Waals surface area contributed by atoms with Crippen molar-refractivity contribution in [2.45, 2.75) is 20.2 Å². The molecule has 8 nitrogen and oxygen atoms in total. The number of benzene rings is 2. The molecule has 0 saturated heterocycles. The summed E-state index contributed by atoms with van der Waals surface area (Å²) >= 11 is 5.98. The molecule has 0 radical (unpaired) electrons. The van der Waals surface area contributed by atoms with Gasteiger partial charge in [0.2, 0.25) is 0 Å². The van der Waals surface area contributed by atoms with Crippen molar-refractivity contribution < 1.29 is 37.0 Å². The number of urea groups is 1. The molecular weight excluding hydrogens is 491 g/mol. The first-order chi connectivity index (χ1) is 16.5. The number of ether oxygens (including phenoxy) is 3. The Morgan fingerprint density at radius 1 is 1.14 bits per heavy atom. The van der Waals surface area contributed by atoms with Crippen LogP contribution >= 0.6 is 11.6 Å². The Labute approximate surface area is 204 Å². The van der Waals surface area contributed by atoms with Crippen LogP contribution < -0.4 is 9.64 Å². The summed E-state index contributed by atoms with van der Waals surface area (Å²) < 4.78 is 51.7. The number of alkyl halides is 3. The number of nitrogens with zero attached hydrogens (tertiary/aromatic N) is 3. The third kappa shape index (κ3) is 6.04. The molecule has 0 aliphatic carbocycles. The van der Waals surface area contributed by atoms with Crippen LogP contribution in [0.3, 0.4) is 0 Å². The number of amides is 2. The number of hydrazone groups is 1. The maximum absolute atomic E-state index is 13.4. The zero-order valence-corrected chi connectivity index (χ0v) is 19.9. The highest BCUT2D eigenvalue weighted by atomic mass is 35.5. The third-order valence-electron chi connectivity index (χ3n) is 5.14. The predicted octanol–water partition coefficient (Wildman–Crippen LogP) is 5.06. The first-order valence-corrected chi connectivity index (χ1v) is 10.8. The van der Waals surface area contributed by atoms with Crippen molar-refractivity contribution in [3.63, 3.8) is 0 Å². The molecule has 1 heterocycles. The van der Waals surface area contributed by atoms with Gasteiger partial charge in [-0.05, 0) is 55.8 Å². The molecule has 2 aromatic carbocycles. The average molecular weight is 514 g/mol. The van der Waals surface area contributed by atoms with Crippen LogP contribution in [0.1, 0.15) is 19.4 Å². The van der Waals surface area contributed by atoms with Crippen molar-refractivity contribution in [1.82, 2.24) is 5.01 Å². The number of rotatable bonds is 7. The van der Waals surface area contributed by atoms with Crippen molar-refractivity contribution >= 4 is 35.0 Å². The summed E-state index contributed by atoms with van der Waals surface area (Å²) in [5.74, 6) is -0.999. The van der Waals surface area contributed by atoms with E-state index in [2.05, 4.69) is 9.84 Å². The lowest BCUT2D eigenvalue weighted by molar-refractivity contribution is -0.274. The molecule has 0 saturated carbocycles. The molecule has 0 spiro atoms. The van der Waals surface area contributed by atoms with E-state index < -0.39 is 29.5 Å². The highest BCUT2D eigenvalue weighted by Gasteiger charge is 2.49. The number of methoxy groups -OCH3 is 1. The number of carbonyl (C=O) groups is 2. The van der Waals surface area contributed by atoms with Gasteiger partial charge in [0, 0.05) is 17.8 Å². The predicted molar refractivity (Wildman–Crippen MR) is 122 cm³/mol. The van der Waals surface area contributed by atoms with E-state index in [0.29, 0.717) is 16.3 Å². The van der Waals surface area contributed by atoms with E-state index in [1.807, 2.05) is 0 Å². The number of esters is 1. The molecule has 0 fully saturated rings. The van der Waals surface area contributed by atoms with Crippen molar-refractivity contribution in [2.24, 2.45) is 10.5 Å². The Balaban J connectivity index is 1.94. The summed E-state index contributed by atoms with van der Waals surface area (Å²) in [7, 11) is 1.36. The molecule has 12 heteroatoms. The van der Waals surface area contributed by atoms with Crippen LogP contribution in [0, 0.1) is 5.41 Å². The van der Waals surface area contributed by atoms with Crippen LogP contribution in [0.25, 0.3) is 0 Å². The van der Waals surface area contributed by atoms with Gasteiger partial charge < -0.3 is 14.2 Å². The first kappa shape index (κ1) is 26.3. The Bertz CT molecular complexity index is 1090. The molecule has 3 rings (SSSR count). The maximum Gasteiger partial charge on any atom is 0.573 e. The summed E-state index contributed by atoms with van der Waals surface area (Å²) in [5, 5.41) is 6.01. The fraction of sp³-hybridized carbons (Fsp3) is 0.348. The Morgan fingerprint density at radius 2 is 1.77 bits per heavy atom. The molecule has 0 aromatic heterocycles. The second-order valence-corrected chi connectivity index (χ2v) is 8.17. The summed E-state index contributed by atoms with van der Waals surface area (Å²) in [6.07, 6.45) is -4.84. The number of carbonyl (C=O) groups excluding carboxylic acids is 2. The zero-order valence-electron chi connectivity index (χ0n) is 19.1. The van der Waals surface area contributed by atoms with E-state index in [1.54, 1.807) is 38.1 Å². The highest BCUT2D eigenvalue weighted by Crippen LogP contribution is 2.34. The SMILES string of the molecule is CCOC(=O)C1(C)CN(C(=O)N(COC)c2ccc(OC(F)(F)F)cc2)N=C1c1ccc(Cl)cc1. The van der Waals surface area contributed by atoms with Gasteiger partial charge in [0.25, 0.3) is 0 Å². The molecule has 0 bridgehead atoms. The quantitative estimate of drug-likeness (QED) is 0.382. The van der Waals surface area contributed by atoms with Crippen molar-refractivity contribution in [3.8, 4) is 5.75 Å². The molecule has 0 N–H and O–H groups in total. The van der Waals surface area contributed by atoms with E-state index >= 15 is 0 Å². The lowest BCUT2D eigenvalue weighted by Crippen LogP contribution is -2.45. The third-order valence-corrected chi connectivity index (χ3v) is 5.40. The number of hydrogen-bond donors (Lipinski definition) is 0. The number of halogens is 4. The summed E-state index contributed by atoms with van der Waals surface area (Å²) in [6.45, 7) is 3.08. The van der Waals surface area contributed by atoms with Gasteiger partial charge >= 0.3 is 18.4 Å². The topological polar surface area (TPSA) is 80.7 Å². The molecule has 35 heavy (non-hydrogen) atoms. The van der Waals surface area contributed by atoms with E-state index in [4.69, 9.17) is 21.1 Å². The van der Waals surface area contributed by atoms with E-state index in [0.717, 1.165) is 22.0 Å². The maximum atomic E-state index is 13.4. The second-order valence-electron chi connectivity index (χ2n) is 7.74. The molecule has 2 amide bonds. The molecule has 1 unspecified atom stereocenters. The smallest absolute Gasteiger partial charge is 0.465 e. The first-order valence-electron chi connectivity index (χ1n) is 10.4. The lowest BCUT2D eigenvalue weighted by Gasteiger charge is -2.27. The Kier molecular flexibility index (Phi) is 7.91. The van der Waals surface area contributed by atoms with Gasteiger partial charge in [-0.2, -0.15) is 5.10 Å². The van der Waals surface area contributed by atoms with Gasteiger partial charge in [-0.15, -0.1) is 13.2 Å². The van der Waals surface area contributed by atoms with Gasteiger partial charge in [-0.1, -0.05) is 23.7 Å². The molecule has 1 aliphatic heterocycles. The van der Waals surface area contributed by atoms with Crippen molar-refractivity contribution in [2.75, 3.05) is 31.9 Å². The standard InChI is InChI=1S/C23H23ClF3N3O5/c1-4-34-20(31)22(2)13-30(28-19(22)15-5-7-16(24)8-6-15)21(32)29(14-33-3)17-9-11-18(12-10-17)35-23(25,26)27/h5-12H,4,13-14H2,1-3H3. The largest absolute Gasteiger partial charge is 0.573 e. The van der Waals surface area contributed by atoms with E-state index in [-0.39, 0.29) is 25.6 Å². The van der Waals surface area contributed by atoms with Crippen LogP contribution in [0.4, 0.5) is 23.7 Å². The molecular formula is C23H23ClF3N3O5. The molecule has 2 aromatic rings. The van der Waals surface area contributed by atoms with Crippen LogP contribution in [0.2, 0.25) is 5.02 Å². The minimum atomic E-state index is -4.84. The fourth-order valence-corrected chi connectivity index (χ4v) is 3.65. The molecule has 1 atom stereocenters. The minimum Gasteiger partial charge on any atom is -0.465 e. The highest BCUT2D eigenvalue weighted by molar-refractivity contribution is 6.30. The molecule has 188 valence electrons. The number of hydrogen-bond acceptors (Lipinski definition) is 6. The molecule has 1 aliphatic rings. The van der Waals surface area contributed by atoms with E-state index in [1.165, 1.54) is 19.2 Å². The van der Waals surface area contributed by atoms with Crippen molar-refractivity contribution in [1.29, 1.82) is 0 Å². The fourth-order valence-electron chi connectivity index (χ4n) is 3.52. The average Bonchev–Trinajstić information content (AvgIpc) is 3.16. The van der Waals surface area contributed by atoms with Crippen LogP contribution in [0.5, 0.6) is 5.75 Å². The normalized spacial score (nSPS) is 17.7. The monoisotopic (exact) mass is 513 g/mol. The Morgan fingerprint density at radius 3 is 2.31 bits per heavy atom. The van der Waals surface area contributed by atoms with Crippen LogP contribution in [-0.4, -0.2) is 56.1 Å². The second kappa shape index (κ2) is 10.5. The van der Waals surface area contributed by atoms with Gasteiger partial charge in [-0.25, -0.2) is 9.80 Å². The van der Waals surface area contributed by atoms with Gasteiger partial charge in [0.15, 0.2) is 0 Å². The van der Waals surface area contributed by atoms with Gasteiger partial charge in [0.05, 0.1) is 18.9 Å². The van der Waals surface area contributed by atoms with Gasteiger partial charge in [0.1, 0.15) is 17.9 Å². The van der Waals surface area contributed by atoms with Gasteiger partial charge in [-0.3, -0.25) is 9.69 Å². The lowest BCUT2D eigenvalue weighted by atomic mass is 9.82. The Hall–Kier alpha value is -3.31. The van der Waals surface area contributed by atoms with E-state index in [9.17, 15) is 22.8 Å². The van der Waals surface area contributed by atoms with Crippen molar-refractivity contribution in [3.05, 3.63) is 59.1 Å². The summed E-state index contributed by atoms with van der Waals surface area (Å²) in [6, 6.07) is 10.7. The summed E-state index contributed by atoms with van der Waals surface area (Å²) in [4.78, 5) is 27.5. The van der Waals surface area contributed by atoms with Crippen LogP contribution in [0.15, 0.2) is 53.6 Å². The summed E-state index contributed by atoms with van der Waals surface area (Å²) in [5.41, 5.74) is -0.151. The minimum absolute atomic E-state index is 0.127. The zero-order chi connectivity index (χ0) is 25.8.